The van der Waals surface area contributed by atoms with E-state index in [1.54, 1.807) is 43.7 Å². The number of carbonyl (C=O) groups excluding carboxylic acids is 2. The molecule has 0 spiro atoms. The highest BCUT2D eigenvalue weighted by atomic mass is 16.2. The molecule has 0 radical (unpaired) electrons. The van der Waals surface area contributed by atoms with Gasteiger partial charge in [0.15, 0.2) is 5.82 Å². The lowest BCUT2D eigenvalue weighted by molar-refractivity contribution is -0.119. The predicted octanol–water partition coefficient (Wildman–Crippen LogP) is 4.64. The number of benzene rings is 2. The number of carbonyl (C=O) groups is 2. The third-order valence-corrected chi connectivity index (χ3v) is 5.70. The van der Waals surface area contributed by atoms with Gasteiger partial charge in [-0.1, -0.05) is 60.7 Å². The Kier molecular flexibility index (Phi) is 4.75. The van der Waals surface area contributed by atoms with Crippen molar-refractivity contribution < 1.29 is 9.59 Å². The number of H-pyrrole nitrogens is 1. The topological polar surface area (TPSA) is 79.0 Å². The highest BCUT2D eigenvalue weighted by Gasteiger charge is 2.34. The van der Waals surface area contributed by atoms with E-state index < -0.39 is 5.41 Å². The Bertz CT molecular complexity index is 1360. The highest BCUT2D eigenvalue weighted by molar-refractivity contribution is 5.99. The number of rotatable bonds is 4. The lowest BCUT2D eigenvalue weighted by Gasteiger charge is -2.30. The quantitative estimate of drug-likeness (QED) is 0.522. The zero-order valence-electron chi connectivity index (χ0n) is 17.4. The number of ketones is 1. The van der Waals surface area contributed by atoms with Crippen LogP contribution in [-0.4, -0.2) is 31.5 Å². The van der Waals surface area contributed by atoms with Crippen LogP contribution < -0.4 is 0 Å². The number of aromatic nitrogens is 3. The van der Waals surface area contributed by atoms with E-state index in [1.165, 1.54) is 4.90 Å². The van der Waals surface area contributed by atoms with Crippen molar-refractivity contribution in [1.82, 2.24) is 19.9 Å². The fraction of sp³-hybridized carbons (Fsp3) is 0.0769. The van der Waals surface area contributed by atoms with E-state index in [9.17, 15) is 9.59 Å². The molecule has 1 aliphatic heterocycles. The first kappa shape index (κ1) is 19.6. The molecule has 2 aromatic heterocycles. The standard InChI is InChI=1S/C26H20N4O2/c1-18(31)26(21-10-6-3-7-11-21)12-14-30(15-13-26)25(32)22-16-20-17-27-23(29-24(20)28-22)19-8-4-2-5-9-19/h2-17H,1H3,(H,27,28,29). The maximum atomic E-state index is 13.1. The molecule has 1 amide bonds. The van der Waals surface area contributed by atoms with Crippen LogP contribution in [0.2, 0.25) is 0 Å². The summed E-state index contributed by atoms with van der Waals surface area (Å²) in [6, 6.07) is 20.9. The van der Waals surface area contributed by atoms with Crippen molar-refractivity contribution in [2.45, 2.75) is 12.3 Å². The van der Waals surface area contributed by atoms with Gasteiger partial charge in [-0.3, -0.25) is 14.5 Å². The molecule has 1 N–H and O–H groups in total. The summed E-state index contributed by atoms with van der Waals surface area (Å²) in [6.45, 7) is 1.56. The monoisotopic (exact) mass is 420 g/mol. The third-order valence-electron chi connectivity index (χ3n) is 5.70. The summed E-state index contributed by atoms with van der Waals surface area (Å²) in [5.74, 6) is 0.324. The van der Waals surface area contributed by atoms with E-state index in [-0.39, 0.29) is 11.7 Å². The number of hydrogen-bond donors (Lipinski definition) is 1. The van der Waals surface area contributed by atoms with E-state index in [0.29, 0.717) is 17.2 Å². The van der Waals surface area contributed by atoms with E-state index in [0.717, 1.165) is 16.5 Å². The summed E-state index contributed by atoms with van der Waals surface area (Å²) in [7, 11) is 0. The molecular formula is C26H20N4O2. The van der Waals surface area contributed by atoms with Crippen LogP contribution in [0.4, 0.5) is 0 Å². The summed E-state index contributed by atoms with van der Waals surface area (Å²) >= 11 is 0. The van der Waals surface area contributed by atoms with Crippen LogP contribution in [0.3, 0.4) is 0 Å². The second kappa shape index (κ2) is 7.74. The number of nitrogens with one attached hydrogen (secondary N) is 1. The lowest BCUT2D eigenvalue weighted by Crippen LogP contribution is -2.35. The molecule has 32 heavy (non-hydrogen) atoms. The number of allylic oxidation sites excluding steroid dienone is 2. The minimum atomic E-state index is -0.880. The molecule has 0 saturated heterocycles. The van der Waals surface area contributed by atoms with Gasteiger partial charge in [-0.2, -0.15) is 0 Å². The summed E-state index contributed by atoms with van der Waals surface area (Å²) in [5.41, 5.74) is 1.87. The second-order valence-corrected chi connectivity index (χ2v) is 7.68. The van der Waals surface area contributed by atoms with Gasteiger partial charge in [0.25, 0.3) is 5.91 Å². The fourth-order valence-electron chi connectivity index (χ4n) is 3.88. The van der Waals surface area contributed by atoms with E-state index in [2.05, 4.69) is 15.0 Å². The summed E-state index contributed by atoms with van der Waals surface area (Å²) in [4.78, 5) is 39.1. The molecule has 2 aromatic carbocycles. The van der Waals surface area contributed by atoms with Crippen LogP contribution >= 0.6 is 0 Å². The van der Waals surface area contributed by atoms with Gasteiger partial charge in [-0.25, -0.2) is 9.97 Å². The average Bonchev–Trinajstić information content (AvgIpc) is 3.28. The van der Waals surface area contributed by atoms with E-state index >= 15 is 0 Å². The van der Waals surface area contributed by atoms with Crippen LogP contribution in [0.1, 0.15) is 23.0 Å². The number of amides is 1. The van der Waals surface area contributed by atoms with Crippen molar-refractivity contribution >= 4 is 22.7 Å². The summed E-state index contributed by atoms with van der Waals surface area (Å²) in [6.07, 6.45) is 8.51. The van der Waals surface area contributed by atoms with Crippen molar-refractivity contribution in [3.8, 4) is 11.4 Å². The predicted molar refractivity (Wildman–Crippen MR) is 123 cm³/mol. The number of hydrogen-bond acceptors (Lipinski definition) is 4. The Morgan fingerprint density at radius 3 is 2.25 bits per heavy atom. The van der Waals surface area contributed by atoms with Gasteiger partial charge in [0, 0.05) is 29.5 Å². The first-order chi connectivity index (χ1) is 15.6. The molecule has 0 fully saturated rings. The van der Waals surface area contributed by atoms with E-state index in [4.69, 9.17) is 0 Å². The van der Waals surface area contributed by atoms with Crippen molar-refractivity contribution in [1.29, 1.82) is 0 Å². The van der Waals surface area contributed by atoms with Crippen LogP contribution in [-0.2, 0) is 10.2 Å². The largest absolute Gasteiger partial charge is 0.335 e. The molecule has 6 heteroatoms. The van der Waals surface area contributed by atoms with Gasteiger partial charge in [-0.15, -0.1) is 0 Å². The average molecular weight is 420 g/mol. The highest BCUT2D eigenvalue weighted by Crippen LogP contribution is 2.32. The zero-order chi connectivity index (χ0) is 22.1. The Hall–Kier alpha value is -4.32. The zero-order valence-corrected chi connectivity index (χ0v) is 17.4. The molecule has 0 aliphatic carbocycles. The minimum absolute atomic E-state index is 0.0161. The maximum Gasteiger partial charge on any atom is 0.278 e. The van der Waals surface area contributed by atoms with Crippen LogP contribution in [0.15, 0.2) is 97.5 Å². The Morgan fingerprint density at radius 1 is 0.938 bits per heavy atom. The first-order valence-electron chi connectivity index (χ1n) is 10.3. The molecule has 156 valence electrons. The van der Waals surface area contributed by atoms with Gasteiger partial charge < -0.3 is 4.98 Å². The van der Waals surface area contributed by atoms with Crippen molar-refractivity contribution in [2.75, 3.05) is 0 Å². The molecule has 0 bridgehead atoms. The number of fused-ring (bicyclic) bond motifs is 1. The van der Waals surface area contributed by atoms with Gasteiger partial charge >= 0.3 is 0 Å². The molecule has 6 nitrogen and oxygen atoms in total. The third kappa shape index (κ3) is 3.32. The molecule has 0 atom stereocenters. The molecule has 0 saturated carbocycles. The normalized spacial score (nSPS) is 14.6. The number of nitrogens with zero attached hydrogens (tertiary/aromatic N) is 3. The molecule has 1 aliphatic rings. The number of aromatic amines is 1. The first-order valence-corrected chi connectivity index (χ1v) is 10.3. The smallest absolute Gasteiger partial charge is 0.278 e. The van der Waals surface area contributed by atoms with Gasteiger partial charge in [0.2, 0.25) is 0 Å². The lowest BCUT2D eigenvalue weighted by atomic mass is 9.76. The molecule has 4 aromatic rings. The van der Waals surface area contributed by atoms with Crippen molar-refractivity contribution in [3.63, 3.8) is 0 Å². The fourth-order valence-corrected chi connectivity index (χ4v) is 3.88. The van der Waals surface area contributed by atoms with Gasteiger partial charge in [0.05, 0.1) is 5.41 Å². The van der Waals surface area contributed by atoms with Crippen LogP contribution in [0.5, 0.6) is 0 Å². The number of Topliss-reactive ketones (excluding diaryl/α,β-unsaturated/α-hetero) is 1. The van der Waals surface area contributed by atoms with E-state index in [1.807, 2.05) is 60.7 Å². The summed E-state index contributed by atoms with van der Waals surface area (Å²) in [5, 5.41) is 0.750. The SMILES string of the molecule is CC(=O)C1(c2ccccc2)C=CN(C(=O)c2cc3cnc(-c4ccccc4)nc3[nH]2)C=C1. The van der Waals surface area contributed by atoms with Crippen molar-refractivity contribution in [3.05, 3.63) is 109 Å². The van der Waals surface area contributed by atoms with Gasteiger partial charge in [0.1, 0.15) is 17.1 Å². The van der Waals surface area contributed by atoms with Gasteiger partial charge in [-0.05, 0) is 30.7 Å². The molecule has 0 unspecified atom stereocenters. The Labute approximate surface area is 184 Å². The Balaban J connectivity index is 1.43. The molecular weight excluding hydrogens is 400 g/mol. The molecule has 3 heterocycles. The maximum absolute atomic E-state index is 13.1. The molecule has 5 rings (SSSR count). The minimum Gasteiger partial charge on any atom is -0.335 e. The van der Waals surface area contributed by atoms with Crippen LogP contribution in [0, 0.1) is 0 Å². The van der Waals surface area contributed by atoms with Crippen LogP contribution in [0.25, 0.3) is 22.4 Å². The summed E-state index contributed by atoms with van der Waals surface area (Å²) < 4.78 is 0. The van der Waals surface area contributed by atoms with Crippen molar-refractivity contribution in [2.24, 2.45) is 0 Å². The Morgan fingerprint density at radius 2 is 1.59 bits per heavy atom. The second-order valence-electron chi connectivity index (χ2n) is 7.68.